The molecule has 0 unspecified atom stereocenters. The molecule has 4 heterocycles. The van der Waals surface area contributed by atoms with Crippen molar-refractivity contribution >= 4 is 38.2 Å². The molecule has 5 aromatic rings. The van der Waals surface area contributed by atoms with Crippen molar-refractivity contribution in [2.75, 3.05) is 0 Å². The summed E-state index contributed by atoms with van der Waals surface area (Å²) < 4.78 is 3.11. The Labute approximate surface area is 124 Å². The standard InChI is InChI=1S/C18H12N3O/c22-21-15-7-2-1-6-13(15)14-9-12-5-3-4-8-20(12)16-10-19-11-17(21)18(14)16/h1-11,19H/q+1. The van der Waals surface area contributed by atoms with Crippen LogP contribution in [0.2, 0.25) is 0 Å². The first-order valence-corrected chi connectivity index (χ1v) is 7.18. The number of nitrogens with one attached hydrogen (secondary N) is 1. The highest BCUT2D eigenvalue weighted by atomic mass is 16.3. The Balaban J connectivity index is 2.27. The van der Waals surface area contributed by atoms with E-state index in [4.69, 9.17) is 0 Å². The van der Waals surface area contributed by atoms with Gasteiger partial charge < -0.3 is 9.38 Å². The monoisotopic (exact) mass is 286 g/mol. The van der Waals surface area contributed by atoms with Gasteiger partial charge in [0.15, 0.2) is 0 Å². The molecule has 22 heavy (non-hydrogen) atoms. The van der Waals surface area contributed by atoms with E-state index in [0.717, 1.165) is 31.6 Å². The molecule has 0 aliphatic heterocycles. The number of aromatic nitrogens is 3. The lowest BCUT2D eigenvalue weighted by Crippen LogP contribution is -2.17. The molecule has 4 aromatic heterocycles. The van der Waals surface area contributed by atoms with Gasteiger partial charge >= 0.3 is 0 Å². The van der Waals surface area contributed by atoms with Crippen molar-refractivity contribution in [1.82, 2.24) is 9.38 Å². The summed E-state index contributed by atoms with van der Waals surface area (Å²) in [5.41, 5.74) is 3.45. The van der Waals surface area contributed by atoms with Crippen LogP contribution in [0.4, 0.5) is 0 Å². The number of hydrogen-bond acceptors (Lipinski definition) is 1. The molecule has 1 N–H and O–H groups in total. The molecular formula is C18H12N3O+. The summed E-state index contributed by atoms with van der Waals surface area (Å²) in [7, 11) is 0. The van der Waals surface area contributed by atoms with Crippen LogP contribution in [-0.2, 0) is 0 Å². The normalized spacial score (nSPS) is 11.8. The zero-order chi connectivity index (χ0) is 14.7. The summed E-state index contributed by atoms with van der Waals surface area (Å²) in [5, 5.41) is 3.07. The highest BCUT2D eigenvalue weighted by molar-refractivity contribution is 6.16. The van der Waals surface area contributed by atoms with Gasteiger partial charge in [0.1, 0.15) is 0 Å². The predicted molar refractivity (Wildman–Crippen MR) is 87.6 cm³/mol. The van der Waals surface area contributed by atoms with Crippen LogP contribution in [-0.4, -0.2) is 9.38 Å². The zero-order valence-corrected chi connectivity index (χ0v) is 11.7. The highest BCUT2D eigenvalue weighted by Gasteiger charge is 2.19. The summed E-state index contributed by atoms with van der Waals surface area (Å²) in [6.45, 7) is 0. The second kappa shape index (κ2) is 3.95. The molecule has 104 valence electrons. The minimum absolute atomic E-state index is 0.657. The third-order valence-corrected chi connectivity index (χ3v) is 4.30. The number of aromatic amines is 1. The molecule has 0 amide bonds. The molecule has 0 bridgehead atoms. The van der Waals surface area contributed by atoms with Gasteiger partial charge in [-0.25, -0.2) is 0 Å². The first kappa shape index (κ1) is 11.5. The quantitative estimate of drug-likeness (QED) is 0.263. The molecule has 0 spiro atoms. The topological polar surface area (TPSA) is 43.2 Å². The Kier molecular flexibility index (Phi) is 2.07. The lowest BCUT2D eigenvalue weighted by molar-refractivity contribution is -0.432. The maximum Gasteiger partial charge on any atom is 0.289 e. The highest BCUT2D eigenvalue weighted by Crippen LogP contribution is 2.30. The van der Waals surface area contributed by atoms with Crippen LogP contribution in [0.3, 0.4) is 0 Å². The van der Waals surface area contributed by atoms with Gasteiger partial charge in [-0.3, -0.25) is 0 Å². The molecule has 4 heteroatoms. The molecule has 0 saturated heterocycles. The molecule has 0 saturated carbocycles. The number of hydrogen-bond donors (Lipinski definition) is 1. The molecule has 0 radical (unpaired) electrons. The van der Waals surface area contributed by atoms with Gasteiger partial charge in [-0.2, -0.15) is 0 Å². The van der Waals surface area contributed by atoms with E-state index >= 15 is 0 Å². The predicted octanol–water partition coefficient (Wildman–Crippen LogP) is 3.64. The third-order valence-electron chi connectivity index (χ3n) is 4.30. The maximum atomic E-state index is 12.7. The average Bonchev–Trinajstić information content (AvgIpc) is 2.59. The van der Waals surface area contributed by atoms with Gasteiger partial charge in [0, 0.05) is 34.3 Å². The number of nitrogens with zero attached hydrogens (tertiary/aromatic N) is 2. The lowest BCUT2D eigenvalue weighted by atomic mass is 10.0. The van der Waals surface area contributed by atoms with Crippen LogP contribution in [0.5, 0.6) is 0 Å². The van der Waals surface area contributed by atoms with Crippen molar-refractivity contribution in [3.8, 4) is 0 Å². The Hall–Kier alpha value is -3.14. The fourth-order valence-electron chi connectivity index (χ4n) is 3.34. The first-order chi connectivity index (χ1) is 10.8. The second-order valence-corrected chi connectivity index (χ2v) is 5.47. The SMILES string of the molecule is O=[n+]1c2ccccc2c2cc3ccccn3c3c[nH]cc1c23. The third kappa shape index (κ3) is 1.31. The van der Waals surface area contributed by atoms with Gasteiger partial charge in [0.05, 0.1) is 26.9 Å². The van der Waals surface area contributed by atoms with E-state index in [9.17, 15) is 4.91 Å². The van der Waals surface area contributed by atoms with Crippen LogP contribution in [0.15, 0.2) is 67.1 Å². The van der Waals surface area contributed by atoms with E-state index in [1.165, 1.54) is 0 Å². The van der Waals surface area contributed by atoms with Gasteiger partial charge in [0.2, 0.25) is 0 Å². The minimum Gasteiger partial charge on any atom is -0.360 e. The van der Waals surface area contributed by atoms with Crippen molar-refractivity contribution < 1.29 is 4.43 Å². The summed E-state index contributed by atoms with van der Waals surface area (Å²) in [5.74, 6) is 0. The molecule has 1 aromatic carbocycles. The second-order valence-electron chi connectivity index (χ2n) is 5.47. The van der Waals surface area contributed by atoms with Gasteiger partial charge in [0.25, 0.3) is 11.0 Å². The molecule has 0 aliphatic rings. The first-order valence-electron chi connectivity index (χ1n) is 7.18. The van der Waals surface area contributed by atoms with Crippen LogP contribution in [0.25, 0.3) is 38.2 Å². The summed E-state index contributed by atoms with van der Waals surface area (Å²) in [6.07, 6.45) is 5.73. The number of fused-ring (bicyclic) bond motifs is 4. The van der Waals surface area contributed by atoms with E-state index < -0.39 is 0 Å². The van der Waals surface area contributed by atoms with Crippen molar-refractivity contribution in [2.24, 2.45) is 0 Å². The molecule has 0 fully saturated rings. The fourth-order valence-corrected chi connectivity index (χ4v) is 3.34. The van der Waals surface area contributed by atoms with Crippen molar-refractivity contribution in [3.63, 3.8) is 0 Å². The molecular weight excluding hydrogens is 274 g/mol. The smallest absolute Gasteiger partial charge is 0.289 e. The summed E-state index contributed by atoms with van der Waals surface area (Å²) in [6, 6.07) is 16.0. The van der Waals surface area contributed by atoms with Gasteiger partial charge in [-0.15, -0.1) is 0 Å². The number of H-pyrrole nitrogens is 1. The van der Waals surface area contributed by atoms with E-state index in [-0.39, 0.29) is 0 Å². The van der Waals surface area contributed by atoms with Gasteiger partial charge in [-0.05, 0) is 24.3 Å². The van der Waals surface area contributed by atoms with E-state index in [1.807, 2.05) is 48.8 Å². The Morgan fingerprint density at radius 1 is 0.909 bits per heavy atom. The summed E-state index contributed by atoms with van der Waals surface area (Å²) in [4.78, 5) is 15.8. The molecule has 5 rings (SSSR count). The van der Waals surface area contributed by atoms with Crippen LogP contribution in [0, 0.1) is 4.91 Å². The lowest BCUT2D eigenvalue weighted by Gasteiger charge is -2.09. The number of benzene rings is 1. The van der Waals surface area contributed by atoms with E-state index in [2.05, 4.69) is 21.5 Å². The number of pyridine rings is 4. The van der Waals surface area contributed by atoms with E-state index in [0.29, 0.717) is 11.0 Å². The van der Waals surface area contributed by atoms with Crippen LogP contribution >= 0.6 is 0 Å². The van der Waals surface area contributed by atoms with Crippen molar-refractivity contribution in [2.45, 2.75) is 0 Å². The van der Waals surface area contributed by atoms with E-state index in [1.54, 1.807) is 6.20 Å². The maximum absolute atomic E-state index is 12.7. The average molecular weight is 286 g/mol. The number of rotatable bonds is 0. The molecule has 0 atom stereocenters. The zero-order valence-electron chi connectivity index (χ0n) is 11.7. The van der Waals surface area contributed by atoms with Crippen LogP contribution in [0.1, 0.15) is 0 Å². The Morgan fingerprint density at radius 3 is 2.73 bits per heavy atom. The van der Waals surface area contributed by atoms with Crippen LogP contribution < -0.4 is 4.43 Å². The van der Waals surface area contributed by atoms with Crippen molar-refractivity contribution in [1.29, 1.82) is 0 Å². The Bertz CT molecular complexity index is 1250. The van der Waals surface area contributed by atoms with Gasteiger partial charge in [-0.1, -0.05) is 18.2 Å². The fraction of sp³-hybridized carbons (Fsp3) is 0. The largest absolute Gasteiger partial charge is 0.360 e. The minimum atomic E-state index is 0.657. The molecule has 4 nitrogen and oxygen atoms in total. The number of para-hydroxylation sites is 1. The molecule has 0 aliphatic carbocycles. The Morgan fingerprint density at radius 2 is 1.77 bits per heavy atom. The van der Waals surface area contributed by atoms with Crippen molar-refractivity contribution in [3.05, 3.63) is 72.0 Å². The summed E-state index contributed by atoms with van der Waals surface area (Å²) >= 11 is 0.